The molecule has 0 radical (unpaired) electrons. The number of carbonyl (C=O) groups excluding carboxylic acids is 2. The van der Waals surface area contributed by atoms with Gasteiger partial charge in [0.15, 0.2) is 5.17 Å². The molecule has 1 atom stereocenters. The molecule has 1 aromatic carbocycles. The smallest absolute Gasteiger partial charge is 0.338 e. The lowest BCUT2D eigenvalue weighted by Gasteiger charge is -2.37. The summed E-state index contributed by atoms with van der Waals surface area (Å²) in [5.41, 5.74) is 2.58. The van der Waals surface area contributed by atoms with E-state index in [0.717, 1.165) is 11.3 Å². The Balaban J connectivity index is 2.12. The molecule has 2 heterocycles. The Kier molecular flexibility index (Phi) is 8.30. The van der Waals surface area contributed by atoms with E-state index in [1.807, 2.05) is 57.1 Å². The standard InChI is InChI=1S/C25H33N3O5S/c1-8-27(9-2)21(29)12-18-14-34-25-26-16(5)22(24(30)33-15(3)4)23(28(18)25)17-10-19(31-6)13-20(11-17)32-7/h10-11,13-15,23H,8-9,12H2,1-7H3. The maximum atomic E-state index is 13.3. The molecule has 0 fully saturated rings. The van der Waals surface area contributed by atoms with Crippen molar-refractivity contribution >= 4 is 28.8 Å². The number of allylic oxidation sites excluding steroid dienone is 1. The van der Waals surface area contributed by atoms with Gasteiger partial charge in [0.05, 0.1) is 44.1 Å². The summed E-state index contributed by atoms with van der Waals surface area (Å²) in [6.45, 7) is 10.6. The molecule has 0 spiro atoms. The summed E-state index contributed by atoms with van der Waals surface area (Å²) in [4.78, 5) is 34.7. The first kappa shape index (κ1) is 25.7. The van der Waals surface area contributed by atoms with Gasteiger partial charge in [0.25, 0.3) is 0 Å². The predicted octanol–water partition coefficient (Wildman–Crippen LogP) is 4.49. The van der Waals surface area contributed by atoms with E-state index < -0.39 is 12.0 Å². The highest BCUT2D eigenvalue weighted by Gasteiger charge is 2.42. The summed E-state index contributed by atoms with van der Waals surface area (Å²) in [6, 6.07) is 4.98. The molecule has 1 unspecified atom stereocenters. The number of carbonyl (C=O) groups is 2. The predicted molar refractivity (Wildman–Crippen MR) is 134 cm³/mol. The highest BCUT2D eigenvalue weighted by molar-refractivity contribution is 8.16. The van der Waals surface area contributed by atoms with Gasteiger partial charge in [0.1, 0.15) is 11.5 Å². The molecule has 2 aliphatic rings. The van der Waals surface area contributed by atoms with Gasteiger partial charge in [-0.1, -0.05) is 11.8 Å². The van der Waals surface area contributed by atoms with Gasteiger partial charge in [-0.2, -0.15) is 0 Å². The van der Waals surface area contributed by atoms with Crippen LogP contribution in [0, 0.1) is 0 Å². The minimum absolute atomic E-state index is 0.0256. The van der Waals surface area contributed by atoms with Gasteiger partial charge in [-0.05, 0) is 57.7 Å². The van der Waals surface area contributed by atoms with E-state index in [1.54, 1.807) is 25.2 Å². The van der Waals surface area contributed by atoms with Crippen molar-refractivity contribution in [3.05, 3.63) is 46.1 Å². The topological polar surface area (TPSA) is 80.7 Å². The Morgan fingerprint density at radius 3 is 2.26 bits per heavy atom. The lowest BCUT2D eigenvalue weighted by molar-refractivity contribution is -0.143. The third kappa shape index (κ3) is 5.24. The Morgan fingerprint density at radius 2 is 1.74 bits per heavy atom. The number of aliphatic imine (C=N–C) groups is 1. The summed E-state index contributed by atoms with van der Waals surface area (Å²) < 4.78 is 16.6. The van der Waals surface area contributed by atoms with Crippen LogP contribution in [0.5, 0.6) is 11.5 Å². The largest absolute Gasteiger partial charge is 0.497 e. The normalized spacial score (nSPS) is 17.3. The maximum absolute atomic E-state index is 13.3. The van der Waals surface area contributed by atoms with Crippen molar-refractivity contribution in [3.8, 4) is 11.5 Å². The van der Waals surface area contributed by atoms with E-state index in [9.17, 15) is 9.59 Å². The highest BCUT2D eigenvalue weighted by Crippen LogP contribution is 2.46. The van der Waals surface area contributed by atoms with Gasteiger partial charge < -0.3 is 24.0 Å². The lowest BCUT2D eigenvalue weighted by atomic mass is 9.93. The fourth-order valence-corrected chi connectivity index (χ4v) is 5.02. The van der Waals surface area contributed by atoms with Crippen molar-refractivity contribution < 1.29 is 23.8 Å². The minimum atomic E-state index is -0.548. The lowest BCUT2D eigenvalue weighted by Crippen LogP contribution is -2.39. The van der Waals surface area contributed by atoms with Crippen LogP contribution in [0.2, 0.25) is 0 Å². The molecule has 0 aromatic heterocycles. The summed E-state index contributed by atoms with van der Waals surface area (Å²) in [5.74, 6) is 0.791. The van der Waals surface area contributed by atoms with Crippen molar-refractivity contribution in [2.45, 2.75) is 53.2 Å². The number of rotatable bonds is 9. The molecular weight excluding hydrogens is 454 g/mol. The average molecular weight is 488 g/mol. The maximum Gasteiger partial charge on any atom is 0.338 e. The van der Waals surface area contributed by atoms with Gasteiger partial charge in [-0.15, -0.1) is 0 Å². The number of methoxy groups -OCH3 is 2. The van der Waals surface area contributed by atoms with Gasteiger partial charge in [-0.25, -0.2) is 9.79 Å². The van der Waals surface area contributed by atoms with Crippen LogP contribution in [0.15, 0.2) is 45.6 Å². The van der Waals surface area contributed by atoms with Crippen LogP contribution >= 0.6 is 11.8 Å². The number of thioether (sulfide) groups is 1. The van der Waals surface area contributed by atoms with Crippen molar-refractivity contribution in [2.75, 3.05) is 27.3 Å². The first-order chi connectivity index (χ1) is 16.2. The Bertz CT molecular complexity index is 1020. The zero-order chi connectivity index (χ0) is 25.0. The number of benzene rings is 1. The molecular formula is C25H33N3O5S. The molecule has 34 heavy (non-hydrogen) atoms. The van der Waals surface area contributed by atoms with E-state index in [-0.39, 0.29) is 18.4 Å². The fourth-order valence-electron chi connectivity index (χ4n) is 4.05. The number of hydrogen-bond donors (Lipinski definition) is 0. The molecule has 9 heteroatoms. The third-order valence-corrected chi connectivity index (χ3v) is 6.59. The van der Waals surface area contributed by atoms with E-state index in [4.69, 9.17) is 19.2 Å². The zero-order valence-electron chi connectivity index (χ0n) is 20.9. The third-order valence-electron chi connectivity index (χ3n) is 5.70. The fraction of sp³-hybridized carbons (Fsp3) is 0.480. The summed E-state index contributed by atoms with van der Waals surface area (Å²) in [7, 11) is 3.17. The van der Waals surface area contributed by atoms with Crippen molar-refractivity contribution in [1.29, 1.82) is 0 Å². The van der Waals surface area contributed by atoms with Crippen LogP contribution in [-0.2, 0) is 14.3 Å². The van der Waals surface area contributed by atoms with Gasteiger partial charge in [0.2, 0.25) is 5.91 Å². The Hall–Kier alpha value is -2.94. The number of hydrogen-bond acceptors (Lipinski definition) is 8. The van der Waals surface area contributed by atoms with Crippen molar-refractivity contribution in [2.24, 2.45) is 4.99 Å². The quantitative estimate of drug-likeness (QED) is 0.475. The van der Waals surface area contributed by atoms with Crippen LogP contribution in [0.25, 0.3) is 0 Å². The monoisotopic (exact) mass is 487 g/mol. The van der Waals surface area contributed by atoms with Crippen LogP contribution in [0.1, 0.15) is 52.6 Å². The van der Waals surface area contributed by atoms with Gasteiger partial charge in [-0.3, -0.25) is 4.79 Å². The molecule has 0 saturated heterocycles. The summed E-state index contributed by atoms with van der Waals surface area (Å²) in [6.07, 6.45) is -0.0810. The molecule has 0 bridgehead atoms. The number of amides is 1. The van der Waals surface area contributed by atoms with Crippen LogP contribution in [-0.4, -0.2) is 60.3 Å². The zero-order valence-corrected chi connectivity index (χ0v) is 21.7. The van der Waals surface area contributed by atoms with E-state index in [0.29, 0.717) is 41.0 Å². The number of nitrogens with zero attached hydrogens (tertiary/aromatic N) is 3. The molecule has 0 N–H and O–H groups in total. The van der Waals surface area contributed by atoms with Crippen LogP contribution in [0.4, 0.5) is 0 Å². The number of esters is 1. The minimum Gasteiger partial charge on any atom is -0.497 e. The van der Waals surface area contributed by atoms with Crippen molar-refractivity contribution in [1.82, 2.24) is 9.80 Å². The van der Waals surface area contributed by atoms with Crippen LogP contribution < -0.4 is 9.47 Å². The average Bonchev–Trinajstić information content (AvgIpc) is 3.19. The molecule has 0 aliphatic carbocycles. The molecule has 0 saturated carbocycles. The number of ether oxygens (including phenoxy) is 3. The second-order valence-electron chi connectivity index (χ2n) is 8.24. The molecule has 184 valence electrons. The van der Waals surface area contributed by atoms with E-state index in [2.05, 4.69) is 0 Å². The molecule has 8 nitrogen and oxygen atoms in total. The number of amidine groups is 1. The highest BCUT2D eigenvalue weighted by atomic mass is 32.2. The van der Waals surface area contributed by atoms with E-state index >= 15 is 0 Å². The molecule has 3 rings (SSSR count). The van der Waals surface area contributed by atoms with Crippen LogP contribution in [0.3, 0.4) is 0 Å². The Labute approximate surface area is 205 Å². The summed E-state index contributed by atoms with van der Waals surface area (Å²) >= 11 is 1.45. The van der Waals surface area contributed by atoms with Crippen molar-refractivity contribution in [3.63, 3.8) is 0 Å². The SMILES string of the molecule is CCN(CC)C(=O)CC1=CSC2=NC(C)=C(C(=O)OC(C)C)C(c3cc(OC)cc(OC)c3)N12. The second kappa shape index (κ2) is 11.0. The first-order valence-corrected chi connectivity index (χ1v) is 12.3. The van der Waals surface area contributed by atoms with Gasteiger partial charge in [0, 0.05) is 24.9 Å². The first-order valence-electron chi connectivity index (χ1n) is 11.4. The van der Waals surface area contributed by atoms with Gasteiger partial charge >= 0.3 is 5.97 Å². The summed E-state index contributed by atoms with van der Waals surface area (Å²) in [5, 5.41) is 2.65. The molecule has 1 amide bonds. The van der Waals surface area contributed by atoms with E-state index in [1.165, 1.54) is 11.8 Å². The molecule has 2 aliphatic heterocycles. The second-order valence-corrected chi connectivity index (χ2v) is 9.07. The number of fused-ring (bicyclic) bond motifs is 1. The molecule has 1 aromatic rings. The Morgan fingerprint density at radius 1 is 1.12 bits per heavy atom.